The van der Waals surface area contributed by atoms with Crippen LogP contribution in [0.3, 0.4) is 0 Å². The van der Waals surface area contributed by atoms with Crippen LogP contribution >= 0.6 is 24.0 Å². The second kappa shape index (κ2) is 15.4. The molecule has 2 N–H and O–H groups in total. The molecule has 1 heterocycles. The molecule has 1 aromatic rings. The Hall–Kier alpha value is -1.55. The number of nitrogens with one attached hydrogen (secondary N) is 2. The Labute approximate surface area is 216 Å². The molecule has 2 fully saturated rings. The summed E-state index contributed by atoms with van der Waals surface area (Å²) in [5.41, 5.74) is 1.14. The number of hydrogen-bond acceptors (Lipinski definition) is 4. The van der Waals surface area contributed by atoms with Crippen LogP contribution in [-0.2, 0) is 16.1 Å². The monoisotopic (exact) mass is 572 g/mol. The highest BCUT2D eigenvalue weighted by Gasteiger charge is 2.31. The molecule has 1 saturated heterocycles. The molecule has 0 radical (unpaired) electrons. The predicted octanol–water partition coefficient (Wildman–Crippen LogP) is 3.96. The molecule has 1 atom stereocenters. The Morgan fingerprint density at radius 3 is 2.61 bits per heavy atom. The Morgan fingerprint density at radius 1 is 1.15 bits per heavy atom. The molecule has 1 aliphatic heterocycles. The minimum absolute atomic E-state index is 0. The van der Waals surface area contributed by atoms with E-state index >= 15 is 0 Å². The van der Waals surface area contributed by atoms with Crippen LogP contribution in [0.1, 0.15) is 57.4 Å². The molecule has 186 valence electrons. The summed E-state index contributed by atoms with van der Waals surface area (Å²) in [6.45, 7) is 6.49. The molecule has 1 aliphatic carbocycles. The van der Waals surface area contributed by atoms with Crippen LogP contribution in [0.5, 0.6) is 5.75 Å². The summed E-state index contributed by atoms with van der Waals surface area (Å²) in [5, 5.41) is 6.85. The first-order valence-electron chi connectivity index (χ1n) is 12.2. The van der Waals surface area contributed by atoms with Gasteiger partial charge in [0.2, 0.25) is 5.91 Å². The van der Waals surface area contributed by atoms with Gasteiger partial charge in [0.1, 0.15) is 5.75 Å². The first-order chi connectivity index (χ1) is 15.7. The lowest BCUT2D eigenvalue weighted by atomic mass is 9.88. The van der Waals surface area contributed by atoms with Crippen molar-refractivity contribution >= 4 is 35.8 Å². The van der Waals surface area contributed by atoms with Crippen LogP contribution in [0.25, 0.3) is 0 Å². The number of hydrogen-bond donors (Lipinski definition) is 2. The summed E-state index contributed by atoms with van der Waals surface area (Å²) in [5.74, 6) is 2.31. The molecule has 1 amide bonds. The van der Waals surface area contributed by atoms with Crippen LogP contribution in [0.4, 0.5) is 0 Å². The van der Waals surface area contributed by atoms with Crippen molar-refractivity contribution in [3.8, 4) is 5.75 Å². The quantitative estimate of drug-likeness (QED) is 0.192. The largest absolute Gasteiger partial charge is 0.497 e. The van der Waals surface area contributed by atoms with Crippen molar-refractivity contribution in [3.63, 3.8) is 0 Å². The number of ether oxygens (including phenoxy) is 2. The maximum absolute atomic E-state index is 12.8. The molecule has 0 aromatic heterocycles. The van der Waals surface area contributed by atoms with Gasteiger partial charge in [-0.2, -0.15) is 0 Å². The predicted molar refractivity (Wildman–Crippen MR) is 143 cm³/mol. The molecular weight excluding hydrogens is 531 g/mol. The lowest BCUT2D eigenvalue weighted by Crippen LogP contribution is -2.45. The second-order valence-corrected chi connectivity index (χ2v) is 8.76. The molecule has 1 aromatic carbocycles. The van der Waals surface area contributed by atoms with Crippen molar-refractivity contribution in [1.29, 1.82) is 0 Å². The fourth-order valence-corrected chi connectivity index (χ4v) is 4.47. The summed E-state index contributed by atoms with van der Waals surface area (Å²) in [6.07, 6.45) is 7.66. The number of likely N-dealkylation sites (tertiary alicyclic amines) is 1. The third-order valence-corrected chi connectivity index (χ3v) is 6.28. The van der Waals surface area contributed by atoms with Gasteiger partial charge < -0.3 is 25.0 Å². The summed E-state index contributed by atoms with van der Waals surface area (Å²) in [7, 11) is 1.67. The van der Waals surface area contributed by atoms with Crippen molar-refractivity contribution in [3.05, 3.63) is 29.8 Å². The van der Waals surface area contributed by atoms with Gasteiger partial charge in [-0.3, -0.25) is 9.79 Å². The van der Waals surface area contributed by atoms with E-state index in [1.165, 1.54) is 19.3 Å². The molecule has 2 aliphatic rings. The van der Waals surface area contributed by atoms with Crippen molar-refractivity contribution in [2.24, 2.45) is 10.9 Å². The maximum Gasteiger partial charge on any atom is 0.225 e. The molecule has 7 nitrogen and oxygen atoms in total. The Kier molecular flexibility index (Phi) is 12.9. The van der Waals surface area contributed by atoms with Crippen LogP contribution in [0, 0.1) is 5.92 Å². The Morgan fingerprint density at radius 2 is 1.91 bits per heavy atom. The number of rotatable bonds is 10. The van der Waals surface area contributed by atoms with E-state index in [2.05, 4.69) is 22.5 Å². The SMILES string of the molecule is CCNC(=NCCCOCc1ccc(OC)cc1)NC1CCN(C(=O)C2CCCCC2)C1.I. The highest BCUT2D eigenvalue weighted by Crippen LogP contribution is 2.26. The molecule has 0 spiro atoms. The van der Waals surface area contributed by atoms with E-state index in [0.717, 1.165) is 62.6 Å². The third-order valence-electron chi connectivity index (χ3n) is 6.28. The number of benzene rings is 1. The fourth-order valence-electron chi connectivity index (χ4n) is 4.47. The summed E-state index contributed by atoms with van der Waals surface area (Å²) in [4.78, 5) is 19.6. The molecular formula is C25H41IN4O3. The highest BCUT2D eigenvalue weighted by atomic mass is 127. The van der Waals surface area contributed by atoms with Gasteiger partial charge in [0.05, 0.1) is 13.7 Å². The maximum atomic E-state index is 12.8. The van der Waals surface area contributed by atoms with E-state index in [-0.39, 0.29) is 35.9 Å². The minimum Gasteiger partial charge on any atom is -0.497 e. The van der Waals surface area contributed by atoms with Crippen molar-refractivity contribution in [1.82, 2.24) is 15.5 Å². The first-order valence-corrected chi connectivity index (χ1v) is 12.2. The molecule has 8 heteroatoms. The fraction of sp³-hybridized carbons (Fsp3) is 0.680. The van der Waals surface area contributed by atoms with Crippen LogP contribution in [0.15, 0.2) is 29.3 Å². The second-order valence-electron chi connectivity index (χ2n) is 8.76. The number of aliphatic imine (C=N–C) groups is 1. The standard InChI is InChI=1S/C25H40N4O3.HI/c1-3-26-25(27-15-7-17-32-19-20-10-12-23(31-2)13-11-20)28-22-14-16-29(18-22)24(30)21-8-5-4-6-9-21;/h10-13,21-22H,3-9,14-19H2,1-2H3,(H2,26,27,28);1H. The van der Waals surface area contributed by atoms with Crippen molar-refractivity contribution in [2.75, 3.05) is 39.9 Å². The third kappa shape index (κ3) is 9.31. The number of nitrogens with zero attached hydrogens (tertiary/aromatic N) is 2. The number of amides is 1. The Balaban J connectivity index is 0.00000385. The summed E-state index contributed by atoms with van der Waals surface area (Å²) < 4.78 is 10.9. The lowest BCUT2D eigenvalue weighted by Gasteiger charge is -2.26. The van der Waals surface area contributed by atoms with E-state index in [9.17, 15) is 4.79 Å². The van der Waals surface area contributed by atoms with Crippen molar-refractivity contribution < 1.29 is 14.3 Å². The minimum atomic E-state index is 0. The van der Waals surface area contributed by atoms with Gasteiger partial charge in [-0.05, 0) is 50.3 Å². The van der Waals surface area contributed by atoms with Gasteiger partial charge in [0, 0.05) is 44.7 Å². The van der Waals surface area contributed by atoms with E-state index in [0.29, 0.717) is 25.7 Å². The average molecular weight is 573 g/mol. The van der Waals surface area contributed by atoms with Crippen LogP contribution in [0.2, 0.25) is 0 Å². The topological polar surface area (TPSA) is 75.2 Å². The zero-order valence-corrected chi connectivity index (χ0v) is 22.5. The smallest absolute Gasteiger partial charge is 0.225 e. The normalized spacial score (nSPS) is 19.2. The van der Waals surface area contributed by atoms with Gasteiger partial charge >= 0.3 is 0 Å². The van der Waals surface area contributed by atoms with Crippen molar-refractivity contribution in [2.45, 2.75) is 64.5 Å². The zero-order chi connectivity index (χ0) is 22.6. The molecule has 3 rings (SSSR count). The highest BCUT2D eigenvalue weighted by molar-refractivity contribution is 14.0. The number of halogens is 1. The van der Waals surface area contributed by atoms with Gasteiger partial charge in [-0.25, -0.2) is 0 Å². The van der Waals surface area contributed by atoms with E-state index in [1.807, 2.05) is 24.3 Å². The van der Waals surface area contributed by atoms with Gasteiger partial charge in [-0.1, -0.05) is 31.4 Å². The first kappa shape index (κ1) is 27.7. The molecule has 33 heavy (non-hydrogen) atoms. The number of carbonyl (C=O) groups excluding carboxylic acids is 1. The number of methoxy groups -OCH3 is 1. The summed E-state index contributed by atoms with van der Waals surface area (Å²) >= 11 is 0. The van der Waals surface area contributed by atoms with Crippen LogP contribution in [-0.4, -0.2) is 62.7 Å². The summed E-state index contributed by atoms with van der Waals surface area (Å²) in [6, 6.07) is 8.21. The zero-order valence-electron chi connectivity index (χ0n) is 20.2. The number of carbonyl (C=O) groups is 1. The number of guanidine groups is 1. The Bertz CT molecular complexity index is 723. The molecule has 1 unspecified atom stereocenters. The van der Waals surface area contributed by atoms with E-state index in [1.54, 1.807) is 7.11 Å². The van der Waals surface area contributed by atoms with E-state index < -0.39 is 0 Å². The van der Waals surface area contributed by atoms with Gasteiger partial charge in [-0.15, -0.1) is 24.0 Å². The van der Waals surface area contributed by atoms with Crippen LogP contribution < -0.4 is 15.4 Å². The van der Waals surface area contributed by atoms with Gasteiger partial charge in [0.25, 0.3) is 0 Å². The average Bonchev–Trinajstić information content (AvgIpc) is 3.30. The molecule has 0 bridgehead atoms. The molecule has 1 saturated carbocycles. The van der Waals surface area contributed by atoms with Gasteiger partial charge in [0.15, 0.2) is 5.96 Å². The van der Waals surface area contributed by atoms with E-state index in [4.69, 9.17) is 14.5 Å². The lowest BCUT2D eigenvalue weighted by molar-refractivity contribution is -0.135.